The number of carbonyl (C=O) groups is 1. The maximum atomic E-state index is 12.0. The summed E-state index contributed by atoms with van der Waals surface area (Å²) in [5.74, 6) is -0.177. The molecule has 0 spiro atoms. The molecule has 2 rings (SSSR count). The van der Waals surface area contributed by atoms with Crippen LogP contribution in [0.15, 0.2) is 46.9 Å². The summed E-state index contributed by atoms with van der Waals surface area (Å²) < 4.78 is 0.664. The molecule has 0 atom stereocenters. The highest BCUT2D eigenvalue weighted by Gasteiger charge is 2.10. The molecular weight excluding hydrogens is 349 g/mol. The number of hydrogen-bond donors (Lipinski definition) is 1. The zero-order valence-corrected chi connectivity index (χ0v) is 12.9. The fourth-order valence-corrected chi connectivity index (χ4v) is 2.65. The van der Waals surface area contributed by atoms with Crippen molar-refractivity contribution in [1.82, 2.24) is 5.32 Å². The number of hydrogen-bond acceptors (Lipinski definition) is 1. The fraction of sp³-hybridized carbons (Fsp3) is 0.0714. The van der Waals surface area contributed by atoms with Crippen LogP contribution in [0.3, 0.4) is 0 Å². The monoisotopic (exact) mass is 357 g/mol. The van der Waals surface area contributed by atoms with Gasteiger partial charge in [-0.2, -0.15) is 0 Å². The molecule has 19 heavy (non-hydrogen) atoms. The Labute approximate surface area is 129 Å². The molecule has 2 aromatic rings. The van der Waals surface area contributed by atoms with E-state index in [-0.39, 0.29) is 5.91 Å². The van der Waals surface area contributed by atoms with Gasteiger partial charge in [0.25, 0.3) is 5.91 Å². The molecule has 0 fully saturated rings. The van der Waals surface area contributed by atoms with E-state index in [9.17, 15) is 4.79 Å². The molecule has 2 aromatic carbocycles. The average Bonchev–Trinajstić information content (AvgIpc) is 2.37. The smallest absolute Gasteiger partial charge is 0.252 e. The number of benzene rings is 2. The van der Waals surface area contributed by atoms with Crippen LogP contribution in [0.5, 0.6) is 0 Å². The second-order valence-corrected chi connectivity index (χ2v) is 5.60. The number of nitrogens with one attached hydrogen (secondary N) is 1. The van der Waals surface area contributed by atoms with Crippen LogP contribution in [0, 0.1) is 0 Å². The molecule has 0 saturated heterocycles. The van der Waals surface area contributed by atoms with E-state index >= 15 is 0 Å². The normalized spacial score (nSPS) is 10.3. The Hall–Kier alpha value is -1.03. The lowest BCUT2D eigenvalue weighted by molar-refractivity contribution is 0.0950. The zero-order valence-electron chi connectivity index (χ0n) is 9.79. The van der Waals surface area contributed by atoms with Crippen LogP contribution >= 0.6 is 39.1 Å². The molecule has 1 N–H and O–H groups in total. The minimum Gasteiger partial charge on any atom is -0.348 e. The summed E-state index contributed by atoms with van der Waals surface area (Å²) in [6.07, 6.45) is 0. The summed E-state index contributed by atoms with van der Waals surface area (Å²) in [5, 5.41) is 4.04. The summed E-state index contributed by atoms with van der Waals surface area (Å²) in [6.45, 7) is 0.383. The van der Waals surface area contributed by atoms with Crippen molar-refractivity contribution in [3.63, 3.8) is 0 Å². The topological polar surface area (TPSA) is 29.1 Å². The summed E-state index contributed by atoms with van der Waals surface area (Å²) in [6, 6.07) is 12.4. The van der Waals surface area contributed by atoms with Crippen LogP contribution in [0.25, 0.3) is 0 Å². The molecule has 0 aliphatic rings. The Morgan fingerprint density at radius 3 is 2.58 bits per heavy atom. The first-order valence-corrected chi connectivity index (χ1v) is 7.09. The van der Waals surface area contributed by atoms with E-state index in [1.54, 1.807) is 24.3 Å². The van der Waals surface area contributed by atoms with Gasteiger partial charge in [-0.25, -0.2) is 0 Å². The summed E-state index contributed by atoms with van der Waals surface area (Å²) >= 11 is 15.2. The SMILES string of the molecule is O=C(NCc1ccccc1Cl)c1ccc(Cl)cc1Br. The Morgan fingerprint density at radius 2 is 1.89 bits per heavy atom. The van der Waals surface area contributed by atoms with E-state index in [0.717, 1.165) is 5.56 Å². The molecule has 0 bridgehead atoms. The molecule has 0 radical (unpaired) electrons. The lowest BCUT2D eigenvalue weighted by Gasteiger charge is -2.08. The first-order valence-electron chi connectivity index (χ1n) is 5.54. The van der Waals surface area contributed by atoms with Crippen molar-refractivity contribution in [2.24, 2.45) is 0 Å². The highest BCUT2D eigenvalue weighted by Crippen LogP contribution is 2.22. The third kappa shape index (κ3) is 3.72. The summed E-state index contributed by atoms with van der Waals surface area (Å²) in [5.41, 5.74) is 1.42. The van der Waals surface area contributed by atoms with Gasteiger partial charge >= 0.3 is 0 Å². The van der Waals surface area contributed by atoms with Gasteiger partial charge in [-0.3, -0.25) is 4.79 Å². The minimum atomic E-state index is -0.177. The predicted octanol–water partition coefficient (Wildman–Crippen LogP) is 4.69. The lowest BCUT2D eigenvalue weighted by Crippen LogP contribution is -2.23. The second kappa shape index (κ2) is 6.42. The molecule has 1 amide bonds. The van der Waals surface area contributed by atoms with Crippen LogP contribution < -0.4 is 5.32 Å². The van der Waals surface area contributed by atoms with Gasteiger partial charge in [0, 0.05) is 21.1 Å². The largest absolute Gasteiger partial charge is 0.348 e. The number of rotatable bonds is 3. The van der Waals surface area contributed by atoms with Crippen LogP contribution in [0.4, 0.5) is 0 Å². The quantitative estimate of drug-likeness (QED) is 0.847. The fourth-order valence-electron chi connectivity index (χ4n) is 1.59. The third-order valence-corrected chi connectivity index (χ3v) is 3.83. The standard InChI is InChI=1S/C14H10BrCl2NO/c15-12-7-10(16)5-6-11(12)14(19)18-8-9-3-1-2-4-13(9)17/h1-7H,8H2,(H,18,19). The van der Waals surface area contributed by atoms with Crippen LogP contribution in [0.1, 0.15) is 15.9 Å². The molecule has 2 nitrogen and oxygen atoms in total. The number of amides is 1. The van der Waals surface area contributed by atoms with Crippen molar-refractivity contribution in [2.75, 3.05) is 0 Å². The first kappa shape index (κ1) is 14.4. The Balaban J connectivity index is 2.08. The zero-order chi connectivity index (χ0) is 13.8. The summed E-state index contributed by atoms with van der Waals surface area (Å²) in [7, 11) is 0. The van der Waals surface area contributed by atoms with E-state index in [0.29, 0.717) is 26.6 Å². The van der Waals surface area contributed by atoms with E-state index < -0.39 is 0 Å². The van der Waals surface area contributed by atoms with Gasteiger partial charge in [0.15, 0.2) is 0 Å². The highest BCUT2D eigenvalue weighted by atomic mass is 79.9. The van der Waals surface area contributed by atoms with Gasteiger partial charge < -0.3 is 5.32 Å². The van der Waals surface area contributed by atoms with Gasteiger partial charge in [-0.1, -0.05) is 41.4 Å². The Morgan fingerprint density at radius 1 is 1.16 bits per heavy atom. The molecule has 5 heteroatoms. The first-order chi connectivity index (χ1) is 9.08. The number of halogens is 3. The molecule has 0 unspecified atom stereocenters. The van der Waals surface area contributed by atoms with Crippen molar-refractivity contribution in [1.29, 1.82) is 0 Å². The minimum absolute atomic E-state index is 0.177. The van der Waals surface area contributed by atoms with Crippen molar-refractivity contribution in [2.45, 2.75) is 6.54 Å². The van der Waals surface area contributed by atoms with Crippen molar-refractivity contribution >= 4 is 45.0 Å². The van der Waals surface area contributed by atoms with Crippen LogP contribution in [0.2, 0.25) is 10.0 Å². The van der Waals surface area contributed by atoms with Gasteiger partial charge in [0.2, 0.25) is 0 Å². The van der Waals surface area contributed by atoms with Gasteiger partial charge in [0.05, 0.1) is 5.56 Å². The summed E-state index contributed by atoms with van der Waals surface area (Å²) in [4.78, 5) is 12.0. The molecule has 98 valence electrons. The Bertz CT molecular complexity index is 616. The average molecular weight is 359 g/mol. The second-order valence-electron chi connectivity index (χ2n) is 3.90. The van der Waals surface area contributed by atoms with Gasteiger partial charge in [-0.15, -0.1) is 0 Å². The molecule has 0 aromatic heterocycles. The predicted molar refractivity (Wildman–Crippen MR) is 81.8 cm³/mol. The maximum absolute atomic E-state index is 12.0. The van der Waals surface area contributed by atoms with Crippen LogP contribution in [-0.2, 0) is 6.54 Å². The highest BCUT2D eigenvalue weighted by molar-refractivity contribution is 9.10. The van der Waals surface area contributed by atoms with E-state index in [1.165, 1.54) is 0 Å². The molecular formula is C14H10BrCl2NO. The van der Waals surface area contributed by atoms with E-state index in [1.807, 2.05) is 18.2 Å². The Kier molecular flexibility index (Phi) is 4.86. The van der Waals surface area contributed by atoms with Gasteiger partial charge in [-0.05, 0) is 45.8 Å². The van der Waals surface area contributed by atoms with Crippen LogP contribution in [-0.4, -0.2) is 5.91 Å². The van der Waals surface area contributed by atoms with Crippen molar-refractivity contribution in [3.05, 3.63) is 68.1 Å². The lowest BCUT2D eigenvalue weighted by atomic mass is 10.2. The molecule has 0 heterocycles. The maximum Gasteiger partial charge on any atom is 0.252 e. The van der Waals surface area contributed by atoms with Crippen molar-refractivity contribution in [3.8, 4) is 0 Å². The molecule has 0 saturated carbocycles. The van der Waals surface area contributed by atoms with Crippen molar-refractivity contribution < 1.29 is 4.79 Å². The molecule has 0 aliphatic heterocycles. The third-order valence-electron chi connectivity index (χ3n) is 2.57. The van der Waals surface area contributed by atoms with E-state index in [2.05, 4.69) is 21.2 Å². The van der Waals surface area contributed by atoms with E-state index in [4.69, 9.17) is 23.2 Å². The number of carbonyl (C=O) groups excluding carboxylic acids is 1. The van der Waals surface area contributed by atoms with Gasteiger partial charge in [0.1, 0.15) is 0 Å². The molecule has 0 aliphatic carbocycles.